The molecule has 0 atom stereocenters. The van der Waals surface area contributed by atoms with E-state index in [2.05, 4.69) is 0 Å². The van der Waals surface area contributed by atoms with Gasteiger partial charge in [-0.1, -0.05) is 43.7 Å². The molecule has 1 fully saturated rings. The van der Waals surface area contributed by atoms with Crippen molar-refractivity contribution in [1.29, 1.82) is 0 Å². The third kappa shape index (κ3) is 7.17. The topological polar surface area (TPSA) is 55.8 Å². The van der Waals surface area contributed by atoms with Crippen LogP contribution in [0.15, 0.2) is 48.5 Å². The highest BCUT2D eigenvalue weighted by Gasteiger charge is 2.40. The highest BCUT2D eigenvalue weighted by atomic mass is 19.4. The maximum Gasteiger partial charge on any atom is 0.416 e. The van der Waals surface area contributed by atoms with Crippen molar-refractivity contribution in [2.24, 2.45) is 0 Å². The number of unbranched alkanes of at least 4 members (excludes halogenated alkanes) is 1. The summed E-state index contributed by atoms with van der Waals surface area (Å²) in [7, 11) is 0. The fourth-order valence-corrected chi connectivity index (χ4v) is 4.18. The van der Waals surface area contributed by atoms with Gasteiger partial charge >= 0.3 is 24.4 Å². The summed E-state index contributed by atoms with van der Waals surface area (Å²) in [5.74, 6) is -1.30. The molecule has 0 unspecified atom stereocenters. The molecule has 1 heterocycles. The summed E-state index contributed by atoms with van der Waals surface area (Å²) in [5, 5.41) is 0. The number of nitrogens with zero attached hydrogens (tertiary/aromatic N) is 1. The molecule has 1 aliphatic heterocycles. The van der Waals surface area contributed by atoms with E-state index < -0.39 is 46.5 Å². The SMILES string of the molecule is CCCCOC(=O)N1CCC(COC(=O)c2cc(C(F)(F)F)cc(C(F)(F)F)c2)(c2ccccc2)CC1. The molecule has 0 saturated carbocycles. The van der Waals surface area contributed by atoms with Gasteiger partial charge in [0.2, 0.25) is 0 Å². The Labute approximate surface area is 210 Å². The molecule has 1 aliphatic rings. The standard InChI is InChI=1S/C26H27F6NO4/c1-2-3-13-36-23(35)33-11-9-24(10-12-33,19-7-5-4-6-8-19)17-37-22(34)18-14-20(25(27,28)29)16-21(15-18)26(30,31)32/h4-8,14-16H,2-3,9-13,17H2,1H3. The van der Waals surface area contributed by atoms with E-state index in [0.717, 1.165) is 18.4 Å². The Bertz CT molecular complexity index is 1040. The van der Waals surface area contributed by atoms with Crippen LogP contribution in [0.3, 0.4) is 0 Å². The van der Waals surface area contributed by atoms with Gasteiger partial charge in [0.25, 0.3) is 0 Å². The van der Waals surface area contributed by atoms with Crippen LogP contribution < -0.4 is 0 Å². The molecule has 0 bridgehead atoms. The summed E-state index contributed by atoms with van der Waals surface area (Å²) in [4.78, 5) is 26.6. The Morgan fingerprint density at radius 1 is 0.892 bits per heavy atom. The number of hydrogen-bond acceptors (Lipinski definition) is 4. The minimum Gasteiger partial charge on any atom is -0.461 e. The average molecular weight is 531 g/mol. The number of ether oxygens (including phenoxy) is 2. The fraction of sp³-hybridized carbons (Fsp3) is 0.462. The van der Waals surface area contributed by atoms with Gasteiger partial charge in [0.05, 0.1) is 23.3 Å². The molecule has 0 aliphatic carbocycles. The van der Waals surface area contributed by atoms with E-state index in [-0.39, 0.29) is 25.8 Å². The highest BCUT2D eigenvalue weighted by Crippen LogP contribution is 2.38. The second kappa shape index (κ2) is 11.4. The number of piperidine rings is 1. The molecule has 5 nitrogen and oxygen atoms in total. The van der Waals surface area contributed by atoms with Gasteiger partial charge in [-0.05, 0) is 43.0 Å². The van der Waals surface area contributed by atoms with Crippen molar-refractivity contribution >= 4 is 12.1 Å². The lowest BCUT2D eigenvalue weighted by atomic mass is 9.73. The summed E-state index contributed by atoms with van der Waals surface area (Å²) < 4.78 is 89.8. The number of hydrogen-bond donors (Lipinski definition) is 0. The van der Waals surface area contributed by atoms with Gasteiger partial charge in [0.15, 0.2) is 0 Å². The number of carbonyl (C=O) groups excluding carboxylic acids is 2. The minimum atomic E-state index is -5.08. The summed E-state index contributed by atoms with van der Waals surface area (Å²) in [6, 6.07) is 9.58. The Morgan fingerprint density at radius 2 is 1.46 bits per heavy atom. The molecule has 37 heavy (non-hydrogen) atoms. The van der Waals surface area contributed by atoms with Crippen molar-refractivity contribution in [3.05, 3.63) is 70.8 Å². The van der Waals surface area contributed by atoms with Crippen molar-refractivity contribution < 1.29 is 45.4 Å². The number of esters is 1. The molecule has 1 amide bonds. The van der Waals surface area contributed by atoms with Crippen LogP contribution in [0.2, 0.25) is 0 Å². The average Bonchev–Trinajstić information content (AvgIpc) is 2.87. The highest BCUT2D eigenvalue weighted by molar-refractivity contribution is 5.90. The number of benzene rings is 2. The number of rotatable bonds is 7. The Hall–Kier alpha value is -3.24. The van der Waals surface area contributed by atoms with Crippen molar-refractivity contribution in [2.45, 2.75) is 50.4 Å². The van der Waals surface area contributed by atoms with Crippen molar-refractivity contribution in [2.75, 3.05) is 26.3 Å². The number of carbonyl (C=O) groups is 2. The second-order valence-electron chi connectivity index (χ2n) is 8.97. The summed E-state index contributed by atoms with van der Waals surface area (Å²) in [5.41, 5.74) is -4.04. The first kappa shape index (κ1) is 28.3. The fourth-order valence-electron chi connectivity index (χ4n) is 4.18. The maximum absolute atomic E-state index is 13.2. The normalized spacial score (nSPS) is 15.8. The van der Waals surface area contributed by atoms with Crippen LogP contribution in [0.5, 0.6) is 0 Å². The molecule has 2 aromatic carbocycles. The number of halogens is 6. The zero-order valence-electron chi connectivity index (χ0n) is 20.1. The monoisotopic (exact) mass is 531 g/mol. The smallest absolute Gasteiger partial charge is 0.416 e. The van der Waals surface area contributed by atoms with Gasteiger partial charge in [0, 0.05) is 18.5 Å². The Kier molecular flexibility index (Phi) is 8.76. The minimum absolute atomic E-state index is 0.0441. The maximum atomic E-state index is 13.2. The molecule has 2 aromatic rings. The van der Waals surface area contributed by atoms with Crippen LogP contribution >= 0.6 is 0 Å². The largest absolute Gasteiger partial charge is 0.461 e. The van der Waals surface area contributed by atoms with Gasteiger partial charge in [-0.3, -0.25) is 0 Å². The van der Waals surface area contributed by atoms with E-state index in [1.807, 2.05) is 6.92 Å². The van der Waals surface area contributed by atoms with Gasteiger partial charge in [-0.2, -0.15) is 26.3 Å². The summed E-state index contributed by atoms with van der Waals surface area (Å²) >= 11 is 0. The van der Waals surface area contributed by atoms with Crippen LogP contribution in [-0.2, 0) is 27.2 Å². The van der Waals surface area contributed by atoms with Crippen molar-refractivity contribution in [3.8, 4) is 0 Å². The Balaban J connectivity index is 1.80. The Morgan fingerprint density at radius 3 is 1.97 bits per heavy atom. The molecule has 0 radical (unpaired) electrons. The van der Waals surface area contributed by atoms with Crippen LogP contribution in [0.1, 0.15) is 59.7 Å². The first-order chi connectivity index (χ1) is 17.4. The van der Waals surface area contributed by atoms with Gasteiger partial charge in [-0.15, -0.1) is 0 Å². The van der Waals surface area contributed by atoms with Gasteiger partial charge in [-0.25, -0.2) is 9.59 Å². The van der Waals surface area contributed by atoms with E-state index >= 15 is 0 Å². The van der Waals surface area contributed by atoms with E-state index in [4.69, 9.17) is 9.47 Å². The van der Waals surface area contributed by atoms with E-state index in [1.54, 1.807) is 30.3 Å². The van der Waals surface area contributed by atoms with Crippen LogP contribution in [0, 0.1) is 0 Å². The number of likely N-dealkylation sites (tertiary alicyclic amines) is 1. The zero-order valence-corrected chi connectivity index (χ0v) is 20.1. The van der Waals surface area contributed by atoms with E-state index in [9.17, 15) is 35.9 Å². The van der Waals surface area contributed by atoms with Crippen LogP contribution in [0.4, 0.5) is 31.1 Å². The second-order valence-corrected chi connectivity index (χ2v) is 8.97. The quantitative estimate of drug-likeness (QED) is 0.223. The predicted octanol–water partition coefficient (Wildman–Crippen LogP) is 6.85. The molecule has 0 N–H and O–H groups in total. The van der Waals surface area contributed by atoms with Crippen LogP contribution in [-0.4, -0.2) is 43.3 Å². The van der Waals surface area contributed by atoms with Crippen molar-refractivity contribution in [1.82, 2.24) is 4.90 Å². The van der Waals surface area contributed by atoms with Crippen LogP contribution in [0.25, 0.3) is 0 Å². The molecule has 11 heteroatoms. The van der Waals surface area contributed by atoms with E-state index in [1.165, 1.54) is 4.90 Å². The number of amides is 1. The predicted molar refractivity (Wildman–Crippen MR) is 122 cm³/mol. The number of alkyl halides is 6. The summed E-state index contributed by atoms with van der Waals surface area (Å²) in [6.45, 7) is 2.53. The lowest BCUT2D eigenvalue weighted by Crippen LogP contribution is -2.47. The van der Waals surface area contributed by atoms with Crippen molar-refractivity contribution in [3.63, 3.8) is 0 Å². The van der Waals surface area contributed by atoms with Gasteiger partial charge < -0.3 is 14.4 Å². The molecule has 202 valence electrons. The first-order valence-corrected chi connectivity index (χ1v) is 11.8. The summed E-state index contributed by atoms with van der Waals surface area (Å²) in [6.07, 6.45) is -8.33. The molecule has 3 rings (SSSR count). The molecular formula is C26H27F6NO4. The lowest BCUT2D eigenvalue weighted by molar-refractivity contribution is -0.143. The molecule has 0 aromatic heterocycles. The van der Waals surface area contributed by atoms with E-state index in [0.29, 0.717) is 31.6 Å². The van der Waals surface area contributed by atoms with Gasteiger partial charge in [0.1, 0.15) is 6.61 Å². The third-order valence-electron chi connectivity index (χ3n) is 6.39. The molecule has 0 spiro atoms. The lowest BCUT2D eigenvalue weighted by Gasteiger charge is -2.41. The zero-order chi connectivity index (χ0) is 27.3. The third-order valence-corrected chi connectivity index (χ3v) is 6.39. The molecular weight excluding hydrogens is 504 g/mol. The first-order valence-electron chi connectivity index (χ1n) is 11.8. The molecule has 1 saturated heterocycles.